The number of ether oxygens (including phenoxy) is 3. The van der Waals surface area contributed by atoms with Crippen molar-refractivity contribution in [1.82, 2.24) is 0 Å². The summed E-state index contributed by atoms with van der Waals surface area (Å²) >= 11 is 3.47. The summed E-state index contributed by atoms with van der Waals surface area (Å²) in [4.78, 5) is 0. The summed E-state index contributed by atoms with van der Waals surface area (Å²) < 4.78 is 19.8. The number of halogens is 1. The van der Waals surface area contributed by atoms with Gasteiger partial charge in [0.2, 0.25) is 0 Å². The van der Waals surface area contributed by atoms with Crippen molar-refractivity contribution in [2.24, 2.45) is 5.41 Å². The van der Waals surface area contributed by atoms with E-state index >= 15 is 0 Å². The number of quaternary nitrogens is 1. The van der Waals surface area contributed by atoms with Crippen molar-refractivity contribution < 1.29 is 18.7 Å². The molecule has 3 aromatic rings. The predicted molar refractivity (Wildman–Crippen MR) is 175 cm³/mol. The topological polar surface area (TPSA) is 27.7 Å². The maximum Gasteiger partial charge on any atom is 0.119 e. The highest BCUT2D eigenvalue weighted by atomic mass is 79.9. The zero-order valence-corrected chi connectivity index (χ0v) is 27.9. The molecule has 0 aliphatic heterocycles. The molecule has 0 spiro atoms. The summed E-state index contributed by atoms with van der Waals surface area (Å²) in [6, 6.07) is 25.3. The van der Waals surface area contributed by atoms with Gasteiger partial charge in [-0.25, -0.2) is 0 Å². The van der Waals surface area contributed by atoms with Crippen LogP contribution < -0.4 is 9.47 Å². The van der Waals surface area contributed by atoms with Gasteiger partial charge in [0.1, 0.15) is 24.7 Å². The fourth-order valence-corrected chi connectivity index (χ4v) is 5.75. The molecule has 224 valence electrons. The lowest BCUT2D eigenvalue weighted by Crippen LogP contribution is -2.40. The number of hydrogen-bond donors (Lipinski definition) is 0. The van der Waals surface area contributed by atoms with Crippen LogP contribution in [0.1, 0.15) is 70.6 Å². The van der Waals surface area contributed by atoms with Crippen molar-refractivity contribution in [3.8, 4) is 11.5 Å². The Morgan fingerprint density at radius 2 is 1.22 bits per heavy atom. The SMILES string of the molecule is CC(C)(C)CC(C)(C)c1ccc(OCCCOCCC[N+](C)(C)Cc2ccc(OCc3ccc(Br)cc3)cc2)cc1. The molecule has 0 bridgehead atoms. The third kappa shape index (κ3) is 12.6. The molecule has 0 fully saturated rings. The Morgan fingerprint density at radius 3 is 1.85 bits per heavy atom. The Kier molecular flexibility index (Phi) is 12.3. The van der Waals surface area contributed by atoms with Gasteiger partial charge in [-0.15, -0.1) is 0 Å². The lowest BCUT2D eigenvalue weighted by molar-refractivity contribution is -0.903. The van der Waals surface area contributed by atoms with E-state index < -0.39 is 0 Å². The molecule has 3 rings (SSSR count). The van der Waals surface area contributed by atoms with Crippen LogP contribution in [-0.2, 0) is 23.3 Å². The van der Waals surface area contributed by atoms with Crippen molar-refractivity contribution in [2.75, 3.05) is 40.5 Å². The fraction of sp³-hybridized carbons (Fsp3) is 0.500. The maximum absolute atomic E-state index is 5.96. The zero-order chi connectivity index (χ0) is 29.9. The quantitative estimate of drug-likeness (QED) is 0.117. The maximum atomic E-state index is 5.96. The van der Waals surface area contributed by atoms with Crippen molar-refractivity contribution in [2.45, 2.75) is 72.4 Å². The molecule has 0 saturated heterocycles. The number of hydrogen-bond acceptors (Lipinski definition) is 3. The molecule has 0 unspecified atom stereocenters. The summed E-state index contributed by atoms with van der Waals surface area (Å²) in [7, 11) is 4.56. The highest BCUT2D eigenvalue weighted by Crippen LogP contribution is 2.36. The van der Waals surface area contributed by atoms with E-state index in [1.807, 2.05) is 12.1 Å². The second-order valence-electron chi connectivity index (χ2n) is 13.7. The molecule has 4 nitrogen and oxygen atoms in total. The second kappa shape index (κ2) is 15.2. The predicted octanol–water partition coefficient (Wildman–Crippen LogP) is 9.19. The van der Waals surface area contributed by atoms with Gasteiger partial charge in [0, 0.05) is 29.5 Å². The molecule has 41 heavy (non-hydrogen) atoms. The van der Waals surface area contributed by atoms with E-state index in [2.05, 4.69) is 125 Å². The van der Waals surface area contributed by atoms with Gasteiger partial charge in [-0.05, 0) is 76.9 Å². The van der Waals surface area contributed by atoms with Crippen molar-refractivity contribution in [1.29, 1.82) is 0 Å². The summed E-state index contributed by atoms with van der Waals surface area (Å²) in [5.41, 5.74) is 4.29. The molecule has 0 atom stereocenters. The van der Waals surface area contributed by atoms with Crippen molar-refractivity contribution >= 4 is 15.9 Å². The van der Waals surface area contributed by atoms with E-state index in [0.29, 0.717) is 18.6 Å². The normalized spacial score (nSPS) is 12.4. The molecule has 3 aromatic carbocycles. The van der Waals surface area contributed by atoms with Gasteiger partial charge in [-0.3, -0.25) is 0 Å². The van der Waals surface area contributed by atoms with Gasteiger partial charge in [-0.1, -0.05) is 74.8 Å². The third-order valence-electron chi connectivity index (χ3n) is 7.21. The molecule has 0 aromatic heterocycles. The largest absolute Gasteiger partial charge is 0.494 e. The Bertz CT molecular complexity index is 1160. The van der Waals surface area contributed by atoms with E-state index in [1.54, 1.807) is 0 Å². The van der Waals surface area contributed by atoms with Crippen LogP contribution in [0.4, 0.5) is 0 Å². The van der Waals surface area contributed by atoms with Crippen LogP contribution in [0.2, 0.25) is 0 Å². The van der Waals surface area contributed by atoms with E-state index in [-0.39, 0.29) is 5.41 Å². The molecule has 0 N–H and O–H groups in total. The van der Waals surface area contributed by atoms with Crippen molar-refractivity contribution in [3.05, 3.63) is 94.0 Å². The monoisotopic (exact) mass is 624 g/mol. The minimum Gasteiger partial charge on any atom is -0.494 e. The molecule has 0 radical (unpaired) electrons. The van der Waals surface area contributed by atoms with E-state index in [0.717, 1.165) is 71.6 Å². The Hall–Kier alpha value is -2.34. The first kappa shape index (κ1) is 33.2. The van der Waals surface area contributed by atoms with E-state index in [9.17, 15) is 0 Å². The highest BCUT2D eigenvalue weighted by molar-refractivity contribution is 9.10. The minimum atomic E-state index is 0.151. The molecule has 0 aliphatic carbocycles. The van der Waals surface area contributed by atoms with Gasteiger partial charge >= 0.3 is 0 Å². The van der Waals surface area contributed by atoms with E-state index in [1.165, 1.54) is 11.1 Å². The average Bonchev–Trinajstić information content (AvgIpc) is 2.89. The number of nitrogens with zero attached hydrogens (tertiary/aromatic N) is 1. The molecular formula is C36H51BrNO3+. The average molecular weight is 626 g/mol. The van der Waals surface area contributed by atoms with Crippen LogP contribution in [0.5, 0.6) is 11.5 Å². The molecule has 0 heterocycles. The zero-order valence-electron chi connectivity index (χ0n) is 26.3. The van der Waals surface area contributed by atoms with Gasteiger partial charge < -0.3 is 18.7 Å². The Morgan fingerprint density at radius 1 is 0.659 bits per heavy atom. The van der Waals surface area contributed by atoms with Crippen LogP contribution >= 0.6 is 15.9 Å². The van der Waals surface area contributed by atoms with Crippen LogP contribution in [0.3, 0.4) is 0 Å². The first-order valence-corrected chi connectivity index (χ1v) is 15.7. The van der Waals surface area contributed by atoms with E-state index in [4.69, 9.17) is 14.2 Å². The van der Waals surface area contributed by atoms with Gasteiger partial charge in [0.05, 0.1) is 33.9 Å². The molecule has 5 heteroatoms. The molecule has 0 amide bonds. The summed E-state index contributed by atoms with van der Waals surface area (Å²) in [6.45, 7) is 16.4. The second-order valence-corrected chi connectivity index (χ2v) is 14.6. The Labute approximate surface area is 257 Å². The van der Waals surface area contributed by atoms with Gasteiger partial charge in [-0.2, -0.15) is 0 Å². The van der Waals surface area contributed by atoms with Crippen molar-refractivity contribution in [3.63, 3.8) is 0 Å². The molecule has 0 aliphatic rings. The van der Waals surface area contributed by atoms with Gasteiger partial charge in [0.25, 0.3) is 0 Å². The minimum absolute atomic E-state index is 0.151. The van der Waals surface area contributed by atoms with Crippen LogP contribution in [0.15, 0.2) is 77.3 Å². The highest BCUT2D eigenvalue weighted by Gasteiger charge is 2.27. The summed E-state index contributed by atoms with van der Waals surface area (Å²) in [5, 5.41) is 0. The molecular weight excluding hydrogens is 574 g/mol. The van der Waals surface area contributed by atoms with Crippen LogP contribution in [0.25, 0.3) is 0 Å². The fourth-order valence-electron chi connectivity index (χ4n) is 5.49. The molecule has 0 saturated carbocycles. The van der Waals surface area contributed by atoms with Gasteiger partial charge in [0.15, 0.2) is 0 Å². The lowest BCUT2D eigenvalue weighted by Gasteiger charge is -2.33. The number of benzene rings is 3. The third-order valence-corrected chi connectivity index (χ3v) is 7.74. The van der Waals surface area contributed by atoms with Crippen LogP contribution in [-0.4, -0.2) is 44.9 Å². The first-order chi connectivity index (χ1) is 19.3. The Balaban J connectivity index is 1.27. The van der Waals surface area contributed by atoms with Crippen LogP contribution in [0, 0.1) is 5.41 Å². The number of rotatable bonds is 16. The standard InChI is InChI=1S/C36H51BrNO3/c1-35(2,3)28-36(4,5)31-14-20-33(21-15-31)40-25-9-24-39-23-8-22-38(6,7)26-29-12-18-34(19-13-29)41-27-30-10-16-32(37)17-11-30/h10-21H,8-9,22-28H2,1-7H3/q+1. The summed E-state index contributed by atoms with van der Waals surface area (Å²) in [5.74, 6) is 1.83. The smallest absolute Gasteiger partial charge is 0.119 e. The summed E-state index contributed by atoms with van der Waals surface area (Å²) in [6.07, 6.45) is 3.07. The first-order valence-electron chi connectivity index (χ1n) is 14.9. The lowest BCUT2D eigenvalue weighted by atomic mass is 9.72.